The lowest BCUT2D eigenvalue weighted by molar-refractivity contribution is -0.0788. The molecular weight excluding hydrogens is 234 g/mol. The van der Waals surface area contributed by atoms with Crippen molar-refractivity contribution in [3.05, 3.63) is 11.6 Å². The van der Waals surface area contributed by atoms with Gasteiger partial charge in [0.2, 0.25) is 0 Å². The summed E-state index contributed by atoms with van der Waals surface area (Å²) < 4.78 is 12.7. The second kappa shape index (κ2) is 4.35. The van der Waals surface area contributed by atoms with E-state index >= 15 is 0 Å². The van der Waals surface area contributed by atoms with Crippen LogP contribution in [-0.4, -0.2) is 33.9 Å². The van der Waals surface area contributed by atoms with E-state index in [1.54, 1.807) is 11.6 Å². The zero-order valence-electron chi connectivity index (χ0n) is 10.5. The molecule has 0 atom stereocenters. The number of esters is 1. The molecule has 1 spiro atoms. The first-order valence-electron chi connectivity index (χ1n) is 6.51. The van der Waals surface area contributed by atoms with E-state index in [-0.39, 0.29) is 11.4 Å². The molecule has 0 amide bonds. The van der Waals surface area contributed by atoms with Crippen molar-refractivity contribution in [1.82, 2.24) is 14.8 Å². The molecule has 0 unspecified atom stereocenters. The van der Waals surface area contributed by atoms with Crippen molar-refractivity contribution < 1.29 is 14.3 Å². The van der Waals surface area contributed by atoms with Crippen LogP contribution in [0.3, 0.4) is 0 Å². The molecule has 1 saturated carbocycles. The van der Waals surface area contributed by atoms with Gasteiger partial charge in [-0.05, 0) is 32.6 Å². The van der Waals surface area contributed by atoms with Crippen LogP contribution in [0.1, 0.15) is 49.1 Å². The minimum atomic E-state index is -0.451. The number of nitrogens with zero attached hydrogens (tertiary/aromatic N) is 3. The molecule has 6 heteroatoms. The number of carbonyl (C=O) groups is 1. The van der Waals surface area contributed by atoms with Crippen molar-refractivity contribution in [1.29, 1.82) is 0 Å². The Labute approximate surface area is 105 Å². The van der Waals surface area contributed by atoms with Crippen LogP contribution in [-0.2, 0) is 21.6 Å². The first-order valence-corrected chi connectivity index (χ1v) is 6.51. The van der Waals surface area contributed by atoms with Crippen LogP contribution >= 0.6 is 0 Å². The normalized spacial score (nSPS) is 20.9. The Morgan fingerprint density at radius 1 is 1.50 bits per heavy atom. The molecule has 0 saturated heterocycles. The Balaban J connectivity index is 1.95. The molecule has 0 N–H and O–H groups in total. The fraction of sp³-hybridized carbons (Fsp3) is 0.750. The van der Waals surface area contributed by atoms with Crippen molar-refractivity contribution in [3.8, 4) is 0 Å². The van der Waals surface area contributed by atoms with E-state index in [1.165, 1.54) is 0 Å². The Bertz CT molecular complexity index is 463. The molecule has 1 aromatic heterocycles. The summed E-state index contributed by atoms with van der Waals surface area (Å²) >= 11 is 0. The molecule has 2 aliphatic rings. The van der Waals surface area contributed by atoms with Crippen LogP contribution in [0.15, 0.2) is 0 Å². The number of ether oxygens (including phenoxy) is 2. The number of hydrogen-bond donors (Lipinski definition) is 0. The summed E-state index contributed by atoms with van der Waals surface area (Å²) in [7, 11) is 0. The van der Waals surface area contributed by atoms with Gasteiger partial charge in [0.15, 0.2) is 5.82 Å². The summed E-state index contributed by atoms with van der Waals surface area (Å²) in [5.41, 5.74) is -0.310. The number of carbonyl (C=O) groups excluding carboxylic acids is 1. The van der Waals surface area contributed by atoms with Crippen LogP contribution in [0.4, 0.5) is 0 Å². The summed E-state index contributed by atoms with van der Waals surface area (Å²) in [6, 6.07) is 0. The molecular formula is C12H17N3O3. The highest BCUT2D eigenvalue weighted by molar-refractivity contribution is 5.85. The van der Waals surface area contributed by atoms with E-state index in [0.717, 1.165) is 31.5 Å². The lowest BCUT2D eigenvalue weighted by Gasteiger charge is -2.32. The molecule has 3 rings (SSSR count). The molecule has 98 valence electrons. The lowest BCUT2D eigenvalue weighted by Crippen LogP contribution is -2.36. The quantitative estimate of drug-likeness (QED) is 0.740. The minimum absolute atomic E-state index is 0.156. The molecule has 0 aromatic carbocycles. The van der Waals surface area contributed by atoms with Gasteiger partial charge in [-0.1, -0.05) is 0 Å². The Hall–Kier alpha value is -1.43. The maximum Gasteiger partial charge on any atom is 0.378 e. The molecule has 0 bridgehead atoms. The highest BCUT2D eigenvalue weighted by Crippen LogP contribution is 2.42. The molecule has 0 radical (unpaired) electrons. The van der Waals surface area contributed by atoms with Crippen molar-refractivity contribution in [3.63, 3.8) is 0 Å². The van der Waals surface area contributed by atoms with E-state index in [0.29, 0.717) is 19.8 Å². The van der Waals surface area contributed by atoms with Crippen LogP contribution in [0.5, 0.6) is 0 Å². The van der Waals surface area contributed by atoms with Gasteiger partial charge in [0, 0.05) is 0 Å². The number of fused-ring (bicyclic) bond motifs is 2. The van der Waals surface area contributed by atoms with Gasteiger partial charge in [-0.2, -0.15) is 0 Å². The summed E-state index contributed by atoms with van der Waals surface area (Å²) in [6.07, 6.45) is 4.21. The van der Waals surface area contributed by atoms with Crippen molar-refractivity contribution in [2.24, 2.45) is 0 Å². The van der Waals surface area contributed by atoms with E-state index < -0.39 is 5.97 Å². The average molecular weight is 251 g/mol. The van der Waals surface area contributed by atoms with Gasteiger partial charge >= 0.3 is 5.97 Å². The summed E-state index contributed by atoms with van der Waals surface area (Å²) in [5, 5.41) is 4.24. The van der Waals surface area contributed by atoms with E-state index in [1.807, 2.05) is 0 Å². The third-order valence-corrected chi connectivity index (χ3v) is 3.63. The number of hydrogen-bond acceptors (Lipinski definition) is 5. The van der Waals surface area contributed by atoms with Gasteiger partial charge in [0.1, 0.15) is 5.60 Å². The maximum atomic E-state index is 11.7. The fourth-order valence-corrected chi connectivity index (χ4v) is 2.82. The molecule has 1 aliphatic heterocycles. The highest BCUT2D eigenvalue weighted by atomic mass is 16.5. The van der Waals surface area contributed by atoms with Crippen LogP contribution in [0.2, 0.25) is 0 Å². The molecule has 1 fully saturated rings. The predicted molar refractivity (Wildman–Crippen MR) is 62.1 cm³/mol. The smallest absolute Gasteiger partial charge is 0.378 e. The molecule has 18 heavy (non-hydrogen) atoms. The van der Waals surface area contributed by atoms with Crippen molar-refractivity contribution in [2.75, 3.05) is 13.2 Å². The molecule has 2 heterocycles. The highest BCUT2D eigenvalue weighted by Gasteiger charge is 2.44. The summed E-state index contributed by atoms with van der Waals surface area (Å²) in [5.74, 6) is 0.505. The lowest BCUT2D eigenvalue weighted by atomic mass is 10.00. The topological polar surface area (TPSA) is 66.2 Å². The second-order valence-corrected chi connectivity index (χ2v) is 4.75. The summed E-state index contributed by atoms with van der Waals surface area (Å²) in [4.78, 5) is 16.0. The maximum absolute atomic E-state index is 11.7. The zero-order valence-corrected chi connectivity index (χ0v) is 10.5. The first-order chi connectivity index (χ1) is 8.75. The van der Waals surface area contributed by atoms with Gasteiger partial charge in [-0.15, -0.1) is 5.10 Å². The molecule has 1 aromatic rings. The number of rotatable bonds is 2. The second-order valence-electron chi connectivity index (χ2n) is 4.75. The Morgan fingerprint density at radius 3 is 3.00 bits per heavy atom. The van der Waals surface area contributed by atoms with Gasteiger partial charge in [0.05, 0.1) is 19.8 Å². The van der Waals surface area contributed by atoms with Gasteiger partial charge < -0.3 is 9.47 Å². The SMILES string of the molecule is CCOC(=O)c1nc2n(n1)CCOC21CCCC1. The Morgan fingerprint density at radius 2 is 2.28 bits per heavy atom. The monoisotopic (exact) mass is 251 g/mol. The van der Waals surface area contributed by atoms with Crippen LogP contribution < -0.4 is 0 Å². The van der Waals surface area contributed by atoms with E-state index in [4.69, 9.17) is 9.47 Å². The third kappa shape index (κ3) is 1.71. The van der Waals surface area contributed by atoms with Crippen molar-refractivity contribution >= 4 is 5.97 Å². The Kier molecular flexibility index (Phi) is 2.81. The van der Waals surface area contributed by atoms with Crippen molar-refractivity contribution in [2.45, 2.75) is 44.8 Å². The molecule has 6 nitrogen and oxygen atoms in total. The molecule has 1 aliphatic carbocycles. The minimum Gasteiger partial charge on any atom is -0.460 e. The van der Waals surface area contributed by atoms with E-state index in [2.05, 4.69) is 10.1 Å². The standard InChI is InChI=1S/C12H17N3O3/c1-2-17-10(16)9-13-11-12(5-3-4-6-12)18-8-7-15(11)14-9/h2-8H2,1H3. The van der Waals surface area contributed by atoms with Crippen LogP contribution in [0, 0.1) is 0 Å². The summed E-state index contributed by atoms with van der Waals surface area (Å²) in [6.45, 7) is 3.40. The third-order valence-electron chi connectivity index (χ3n) is 3.63. The predicted octanol–water partition coefficient (Wildman–Crippen LogP) is 1.25. The zero-order chi connectivity index (χ0) is 12.6. The van der Waals surface area contributed by atoms with Gasteiger partial charge in [0.25, 0.3) is 5.82 Å². The first kappa shape index (κ1) is 11.6. The number of aromatic nitrogens is 3. The van der Waals surface area contributed by atoms with E-state index in [9.17, 15) is 4.79 Å². The van der Waals surface area contributed by atoms with Crippen LogP contribution in [0.25, 0.3) is 0 Å². The van der Waals surface area contributed by atoms with Gasteiger partial charge in [-0.3, -0.25) is 0 Å². The fourth-order valence-electron chi connectivity index (χ4n) is 2.82. The van der Waals surface area contributed by atoms with Gasteiger partial charge in [-0.25, -0.2) is 14.5 Å². The largest absolute Gasteiger partial charge is 0.460 e. The average Bonchev–Trinajstić information content (AvgIpc) is 2.97.